The number of rotatable bonds is 8. The molecule has 0 radical (unpaired) electrons. The molecule has 4 rings (SSSR count). The highest BCUT2D eigenvalue weighted by Gasteiger charge is 2.14. The Morgan fingerprint density at radius 3 is 2.61 bits per heavy atom. The van der Waals surface area contributed by atoms with Crippen LogP contribution in [0.4, 0.5) is 4.39 Å². The molecule has 2 aromatic heterocycles. The zero-order valence-electron chi connectivity index (χ0n) is 16.8. The number of amides is 1. The van der Waals surface area contributed by atoms with Crippen LogP contribution in [0.1, 0.15) is 16.9 Å². The third kappa shape index (κ3) is 5.61. The van der Waals surface area contributed by atoms with E-state index >= 15 is 0 Å². The molecular formula is C23H20FN3O3S. The third-order valence-corrected chi connectivity index (χ3v) is 5.44. The van der Waals surface area contributed by atoms with Gasteiger partial charge in [0.05, 0.1) is 11.5 Å². The van der Waals surface area contributed by atoms with Crippen LogP contribution < -0.4 is 5.32 Å². The van der Waals surface area contributed by atoms with E-state index in [2.05, 4.69) is 15.5 Å². The van der Waals surface area contributed by atoms with Gasteiger partial charge in [0.25, 0.3) is 5.89 Å². The Bertz CT molecular complexity index is 1150. The molecule has 1 amide bonds. The molecule has 6 nitrogen and oxygen atoms in total. The van der Waals surface area contributed by atoms with E-state index in [0.717, 1.165) is 16.7 Å². The number of aryl methyl sites for hydroxylation is 1. The van der Waals surface area contributed by atoms with E-state index in [9.17, 15) is 9.18 Å². The number of nitrogens with one attached hydrogen (secondary N) is 1. The Balaban J connectivity index is 1.26. The lowest BCUT2D eigenvalue weighted by molar-refractivity contribution is -0.118. The lowest BCUT2D eigenvalue weighted by atomic mass is 10.1. The highest BCUT2D eigenvalue weighted by Crippen LogP contribution is 2.25. The fourth-order valence-electron chi connectivity index (χ4n) is 2.81. The Morgan fingerprint density at radius 2 is 1.84 bits per heavy atom. The predicted octanol–water partition coefficient (Wildman–Crippen LogP) is 4.99. The van der Waals surface area contributed by atoms with E-state index in [1.54, 1.807) is 18.2 Å². The zero-order chi connectivity index (χ0) is 21.6. The summed E-state index contributed by atoms with van der Waals surface area (Å²) >= 11 is 1.43. The van der Waals surface area contributed by atoms with E-state index in [1.165, 1.54) is 23.9 Å². The van der Waals surface area contributed by atoms with Gasteiger partial charge in [0.2, 0.25) is 11.7 Å². The number of carbonyl (C=O) groups is 1. The number of aromatic nitrogens is 2. The van der Waals surface area contributed by atoms with Gasteiger partial charge in [-0.05, 0) is 36.8 Å². The second-order valence-electron chi connectivity index (χ2n) is 6.95. The van der Waals surface area contributed by atoms with Crippen molar-refractivity contribution in [1.29, 1.82) is 0 Å². The molecule has 0 aliphatic heterocycles. The van der Waals surface area contributed by atoms with Gasteiger partial charge in [-0.25, -0.2) is 4.39 Å². The zero-order valence-corrected chi connectivity index (χ0v) is 17.6. The SMILES string of the molecule is Cc1ccc(-c2noc(-c3ccc(CSCC(=O)NCc4ccc(F)cc4)o3)n2)cc1. The fourth-order valence-corrected chi connectivity index (χ4v) is 3.56. The Morgan fingerprint density at radius 1 is 1.06 bits per heavy atom. The molecule has 1 N–H and O–H groups in total. The highest BCUT2D eigenvalue weighted by molar-refractivity contribution is 7.99. The number of hydrogen-bond acceptors (Lipinski definition) is 6. The summed E-state index contributed by atoms with van der Waals surface area (Å²) in [5.74, 6) is 2.43. The van der Waals surface area contributed by atoms with Crippen molar-refractivity contribution in [2.24, 2.45) is 0 Å². The molecule has 0 spiro atoms. The van der Waals surface area contributed by atoms with Crippen LogP contribution in [-0.4, -0.2) is 21.8 Å². The quantitative estimate of drug-likeness (QED) is 0.418. The Labute approximate surface area is 182 Å². The van der Waals surface area contributed by atoms with Gasteiger partial charge in [0, 0.05) is 12.1 Å². The van der Waals surface area contributed by atoms with Gasteiger partial charge in [-0.2, -0.15) is 4.98 Å². The molecule has 158 valence electrons. The molecule has 8 heteroatoms. The van der Waals surface area contributed by atoms with Crippen LogP contribution in [0.3, 0.4) is 0 Å². The molecule has 0 atom stereocenters. The van der Waals surface area contributed by atoms with Crippen molar-refractivity contribution in [3.63, 3.8) is 0 Å². The molecule has 0 aliphatic carbocycles. The number of hydrogen-bond donors (Lipinski definition) is 1. The molecule has 4 aromatic rings. The summed E-state index contributed by atoms with van der Waals surface area (Å²) in [6.45, 7) is 2.38. The summed E-state index contributed by atoms with van der Waals surface area (Å²) < 4.78 is 24.0. The minimum atomic E-state index is -0.296. The smallest absolute Gasteiger partial charge is 0.293 e. The van der Waals surface area contributed by atoms with Gasteiger partial charge >= 0.3 is 0 Å². The average molecular weight is 437 g/mol. The lowest BCUT2D eigenvalue weighted by Gasteiger charge is -2.05. The number of halogens is 1. The summed E-state index contributed by atoms with van der Waals surface area (Å²) in [6.07, 6.45) is 0. The van der Waals surface area contributed by atoms with Crippen LogP contribution in [-0.2, 0) is 17.1 Å². The van der Waals surface area contributed by atoms with Crippen LogP contribution in [0, 0.1) is 12.7 Å². The van der Waals surface area contributed by atoms with E-state index < -0.39 is 0 Å². The van der Waals surface area contributed by atoms with E-state index in [4.69, 9.17) is 8.94 Å². The van der Waals surface area contributed by atoms with Crippen molar-refractivity contribution in [3.8, 4) is 23.0 Å². The van der Waals surface area contributed by atoms with Crippen molar-refractivity contribution in [2.45, 2.75) is 19.2 Å². The van der Waals surface area contributed by atoms with Crippen molar-refractivity contribution in [3.05, 3.63) is 83.4 Å². The third-order valence-electron chi connectivity index (χ3n) is 4.49. The van der Waals surface area contributed by atoms with Crippen LogP contribution in [0.25, 0.3) is 23.0 Å². The van der Waals surface area contributed by atoms with Crippen molar-refractivity contribution in [2.75, 3.05) is 5.75 Å². The lowest BCUT2D eigenvalue weighted by Crippen LogP contribution is -2.24. The first-order valence-corrected chi connectivity index (χ1v) is 10.8. The van der Waals surface area contributed by atoms with Crippen molar-refractivity contribution in [1.82, 2.24) is 15.5 Å². The minimum Gasteiger partial charge on any atom is -0.455 e. The van der Waals surface area contributed by atoms with Gasteiger partial charge in [0.1, 0.15) is 11.6 Å². The van der Waals surface area contributed by atoms with Crippen LogP contribution >= 0.6 is 11.8 Å². The van der Waals surface area contributed by atoms with Gasteiger partial charge in [-0.3, -0.25) is 4.79 Å². The van der Waals surface area contributed by atoms with Crippen molar-refractivity contribution < 1.29 is 18.1 Å². The number of carbonyl (C=O) groups excluding carboxylic acids is 1. The highest BCUT2D eigenvalue weighted by atomic mass is 32.2. The number of benzene rings is 2. The molecule has 2 heterocycles. The largest absolute Gasteiger partial charge is 0.455 e. The molecule has 0 saturated heterocycles. The summed E-state index contributed by atoms with van der Waals surface area (Å²) in [6, 6.07) is 17.5. The predicted molar refractivity (Wildman–Crippen MR) is 117 cm³/mol. The average Bonchev–Trinajstić information content (AvgIpc) is 3.44. The topological polar surface area (TPSA) is 81.2 Å². The molecule has 0 unspecified atom stereocenters. The van der Waals surface area contributed by atoms with Gasteiger partial charge in [-0.1, -0.05) is 47.1 Å². The molecule has 0 bridgehead atoms. The second-order valence-corrected chi connectivity index (χ2v) is 7.94. The van der Waals surface area contributed by atoms with Crippen molar-refractivity contribution >= 4 is 17.7 Å². The molecular weight excluding hydrogens is 417 g/mol. The number of thioether (sulfide) groups is 1. The van der Waals surface area contributed by atoms with E-state index in [1.807, 2.05) is 37.3 Å². The van der Waals surface area contributed by atoms with E-state index in [-0.39, 0.29) is 17.5 Å². The molecule has 0 saturated carbocycles. The maximum absolute atomic E-state index is 12.9. The summed E-state index contributed by atoms with van der Waals surface area (Å²) in [4.78, 5) is 16.4. The number of furan rings is 1. The molecule has 0 aliphatic rings. The molecule has 2 aromatic carbocycles. The summed E-state index contributed by atoms with van der Waals surface area (Å²) in [7, 11) is 0. The standard InChI is InChI=1S/C23H20FN3O3S/c1-15-2-6-17(7-3-15)22-26-23(30-27-22)20-11-10-19(29-20)13-31-14-21(28)25-12-16-4-8-18(24)9-5-16/h2-11H,12-14H2,1H3,(H,25,28). The monoisotopic (exact) mass is 437 g/mol. The Kier molecular flexibility index (Phi) is 6.47. The molecule has 31 heavy (non-hydrogen) atoms. The number of nitrogens with zero attached hydrogens (tertiary/aromatic N) is 2. The fraction of sp³-hybridized carbons (Fsp3) is 0.174. The van der Waals surface area contributed by atoms with Crippen LogP contribution in [0.15, 0.2) is 69.6 Å². The first-order valence-electron chi connectivity index (χ1n) is 9.65. The summed E-state index contributed by atoms with van der Waals surface area (Å²) in [5.41, 5.74) is 2.87. The first kappa shape index (κ1) is 20.9. The maximum Gasteiger partial charge on any atom is 0.293 e. The molecule has 0 fully saturated rings. The van der Waals surface area contributed by atoms with Crippen LogP contribution in [0.5, 0.6) is 0 Å². The van der Waals surface area contributed by atoms with Gasteiger partial charge in [0.15, 0.2) is 5.76 Å². The first-order chi connectivity index (χ1) is 15.1. The second kappa shape index (κ2) is 9.61. The minimum absolute atomic E-state index is 0.0965. The van der Waals surface area contributed by atoms with Gasteiger partial charge < -0.3 is 14.3 Å². The summed E-state index contributed by atoms with van der Waals surface area (Å²) in [5, 5.41) is 6.82. The van der Waals surface area contributed by atoms with Gasteiger partial charge in [-0.15, -0.1) is 11.8 Å². The van der Waals surface area contributed by atoms with Crippen LogP contribution in [0.2, 0.25) is 0 Å². The Hall–Kier alpha value is -3.39. The van der Waals surface area contributed by atoms with E-state index in [0.29, 0.717) is 35.5 Å². The maximum atomic E-state index is 12.9. The normalized spacial score (nSPS) is 10.9.